The number of aromatic nitrogens is 1. The van der Waals surface area contributed by atoms with Gasteiger partial charge in [-0.3, -0.25) is 9.78 Å². The van der Waals surface area contributed by atoms with Gasteiger partial charge in [0.2, 0.25) is 10.0 Å². The predicted octanol–water partition coefficient (Wildman–Crippen LogP) is 2.82. The van der Waals surface area contributed by atoms with Crippen LogP contribution >= 0.6 is 0 Å². The number of carbonyl (C=O) groups is 1. The maximum atomic E-state index is 12.7. The molecule has 2 aromatic carbocycles. The zero-order chi connectivity index (χ0) is 23.7. The highest BCUT2D eigenvalue weighted by Crippen LogP contribution is 2.17. The van der Waals surface area contributed by atoms with E-state index in [1.807, 2.05) is 36.4 Å². The third-order valence-electron chi connectivity index (χ3n) is 4.87. The number of benzene rings is 2. The maximum Gasteiger partial charge on any atom is 0.251 e. The monoisotopic (exact) mass is 469 g/mol. The molecule has 0 unspecified atom stereocenters. The molecule has 0 aliphatic carbocycles. The third kappa shape index (κ3) is 7.11. The van der Waals surface area contributed by atoms with E-state index in [0.717, 1.165) is 11.1 Å². The number of methoxy groups -OCH3 is 1. The van der Waals surface area contributed by atoms with Crippen LogP contribution in [0.3, 0.4) is 0 Å². The minimum Gasteiger partial charge on any atom is -0.489 e. The Bertz CT molecular complexity index is 1170. The summed E-state index contributed by atoms with van der Waals surface area (Å²) in [5.74, 6) is 0.363. The molecule has 0 atom stereocenters. The lowest BCUT2D eigenvalue weighted by atomic mass is 10.1. The van der Waals surface area contributed by atoms with Gasteiger partial charge >= 0.3 is 0 Å². The van der Waals surface area contributed by atoms with Gasteiger partial charge in [-0.1, -0.05) is 24.3 Å². The van der Waals surface area contributed by atoms with E-state index in [1.54, 1.807) is 25.4 Å². The van der Waals surface area contributed by atoms with Crippen LogP contribution in [0.1, 0.15) is 27.0 Å². The predicted molar refractivity (Wildman–Crippen MR) is 124 cm³/mol. The molecule has 1 aromatic heterocycles. The molecule has 33 heavy (non-hydrogen) atoms. The van der Waals surface area contributed by atoms with E-state index >= 15 is 0 Å². The Morgan fingerprint density at radius 2 is 1.85 bits per heavy atom. The normalized spacial score (nSPS) is 11.2. The quantitative estimate of drug-likeness (QED) is 0.418. The van der Waals surface area contributed by atoms with Crippen molar-refractivity contribution in [1.82, 2.24) is 15.0 Å². The number of hydrogen-bond acceptors (Lipinski definition) is 6. The first-order valence-electron chi connectivity index (χ1n) is 10.4. The first-order valence-corrected chi connectivity index (χ1v) is 11.9. The summed E-state index contributed by atoms with van der Waals surface area (Å²) in [6, 6.07) is 15.7. The highest BCUT2D eigenvalue weighted by Gasteiger charge is 2.17. The lowest BCUT2D eigenvalue weighted by molar-refractivity contribution is 0.0950. The SMILES string of the molecule is COCCNS(=O)(=O)c1ccc(C)c(C(=O)NCc2ccc(OCc3cccnc3)cc2)c1. The fraction of sp³-hybridized carbons (Fsp3) is 0.250. The molecule has 0 bridgehead atoms. The van der Waals surface area contributed by atoms with Gasteiger partial charge in [-0.15, -0.1) is 0 Å². The topological polar surface area (TPSA) is 107 Å². The summed E-state index contributed by atoms with van der Waals surface area (Å²) in [5, 5.41) is 2.84. The summed E-state index contributed by atoms with van der Waals surface area (Å²) in [5.41, 5.74) is 2.85. The van der Waals surface area contributed by atoms with Crippen molar-refractivity contribution in [3.63, 3.8) is 0 Å². The molecule has 3 aromatic rings. The lowest BCUT2D eigenvalue weighted by Crippen LogP contribution is -2.28. The van der Waals surface area contributed by atoms with Crippen LogP contribution in [0.2, 0.25) is 0 Å². The molecular weight excluding hydrogens is 442 g/mol. The van der Waals surface area contributed by atoms with E-state index in [1.165, 1.54) is 19.2 Å². The number of nitrogens with zero attached hydrogens (tertiary/aromatic N) is 1. The van der Waals surface area contributed by atoms with Crippen LogP contribution in [-0.2, 0) is 27.9 Å². The average Bonchev–Trinajstić information content (AvgIpc) is 2.83. The number of nitrogens with one attached hydrogen (secondary N) is 2. The molecular formula is C24H27N3O5S. The second-order valence-corrected chi connectivity index (χ2v) is 9.11. The van der Waals surface area contributed by atoms with Crippen LogP contribution in [0.4, 0.5) is 0 Å². The Balaban J connectivity index is 1.59. The van der Waals surface area contributed by atoms with Crippen molar-refractivity contribution in [1.29, 1.82) is 0 Å². The van der Waals surface area contributed by atoms with E-state index in [4.69, 9.17) is 9.47 Å². The largest absolute Gasteiger partial charge is 0.489 e. The summed E-state index contributed by atoms with van der Waals surface area (Å²) >= 11 is 0. The minimum atomic E-state index is -3.73. The van der Waals surface area contributed by atoms with Crippen molar-refractivity contribution in [3.8, 4) is 5.75 Å². The second-order valence-electron chi connectivity index (χ2n) is 7.34. The molecule has 174 valence electrons. The Hall–Kier alpha value is -3.27. The molecule has 8 nitrogen and oxygen atoms in total. The summed E-state index contributed by atoms with van der Waals surface area (Å²) in [6.07, 6.45) is 3.46. The fourth-order valence-electron chi connectivity index (χ4n) is 3.01. The van der Waals surface area contributed by atoms with Crippen molar-refractivity contribution < 1.29 is 22.7 Å². The van der Waals surface area contributed by atoms with Gasteiger partial charge < -0.3 is 14.8 Å². The van der Waals surface area contributed by atoms with Gasteiger partial charge in [-0.2, -0.15) is 0 Å². The first-order chi connectivity index (χ1) is 15.9. The van der Waals surface area contributed by atoms with E-state index in [0.29, 0.717) is 30.0 Å². The molecule has 0 spiro atoms. The van der Waals surface area contributed by atoms with Crippen LogP contribution in [0.5, 0.6) is 5.75 Å². The average molecular weight is 470 g/mol. The smallest absolute Gasteiger partial charge is 0.251 e. The Kier molecular flexibility index (Phi) is 8.53. The van der Waals surface area contributed by atoms with E-state index in [9.17, 15) is 13.2 Å². The Morgan fingerprint density at radius 3 is 2.55 bits per heavy atom. The number of amides is 1. The highest BCUT2D eigenvalue weighted by molar-refractivity contribution is 7.89. The van der Waals surface area contributed by atoms with Gasteiger partial charge in [-0.05, 0) is 48.4 Å². The fourth-order valence-corrected chi connectivity index (χ4v) is 4.04. The molecule has 3 rings (SSSR count). The lowest BCUT2D eigenvalue weighted by Gasteiger charge is -2.12. The van der Waals surface area contributed by atoms with Gasteiger partial charge in [0.05, 0.1) is 11.5 Å². The number of pyridine rings is 1. The summed E-state index contributed by atoms with van der Waals surface area (Å²) in [7, 11) is -2.24. The van der Waals surface area contributed by atoms with Crippen molar-refractivity contribution in [2.45, 2.75) is 25.0 Å². The summed E-state index contributed by atoms with van der Waals surface area (Å²) in [6.45, 7) is 2.88. The van der Waals surface area contributed by atoms with Gasteiger partial charge in [-0.25, -0.2) is 13.1 Å². The molecule has 2 N–H and O–H groups in total. The molecule has 0 aliphatic rings. The number of rotatable bonds is 11. The molecule has 0 aliphatic heterocycles. The Morgan fingerprint density at radius 1 is 1.06 bits per heavy atom. The van der Waals surface area contributed by atoms with Crippen molar-refractivity contribution in [2.24, 2.45) is 0 Å². The van der Waals surface area contributed by atoms with E-state index < -0.39 is 10.0 Å². The number of sulfonamides is 1. The molecule has 0 saturated heterocycles. The van der Waals surface area contributed by atoms with Crippen LogP contribution in [0.25, 0.3) is 0 Å². The van der Waals surface area contributed by atoms with Crippen LogP contribution < -0.4 is 14.8 Å². The number of ether oxygens (including phenoxy) is 2. The van der Waals surface area contributed by atoms with Gasteiger partial charge in [0, 0.05) is 43.7 Å². The van der Waals surface area contributed by atoms with Crippen molar-refractivity contribution >= 4 is 15.9 Å². The van der Waals surface area contributed by atoms with Crippen LogP contribution in [-0.4, -0.2) is 39.6 Å². The molecule has 1 amide bonds. The first kappa shape index (κ1) is 24.4. The summed E-state index contributed by atoms with van der Waals surface area (Å²) in [4.78, 5) is 16.8. The molecule has 0 radical (unpaired) electrons. The highest BCUT2D eigenvalue weighted by atomic mass is 32.2. The second kappa shape index (κ2) is 11.6. The zero-order valence-electron chi connectivity index (χ0n) is 18.6. The standard InChI is InChI=1S/C24H27N3O5S/c1-18-5-10-22(33(29,30)27-12-13-31-2)14-23(18)24(28)26-16-19-6-8-21(9-7-19)32-17-20-4-3-11-25-15-20/h3-11,14-15,27H,12-13,16-17H2,1-2H3,(H,26,28). The Labute approximate surface area is 194 Å². The molecule has 1 heterocycles. The third-order valence-corrected chi connectivity index (χ3v) is 6.33. The van der Waals surface area contributed by atoms with E-state index in [2.05, 4.69) is 15.0 Å². The maximum absolute atomic E-state index is 12.7. The number of aryl methyl sites for hydroxylation is 1. The molecule has 0 fully saturated rings. The molecule has 0 saturated carbocycles. The van der Waals surface area contributed by atoms with Gasteiger partial charge in [0.15, 0.2) is 0 Å². The van der Waals surface area contributed by atoms with Crippen LogP contribution in [0.15, 0.2) is 71.9 Å². The summed E-state index contributed by atoms with van der Waals surface area (Å²) < 4.78 is 37.9. The number of carbonyl (C=O) groups excluding carboxylic acids is 1. The minimum absolute atomic E-state index is 0.0319. The van der Waals surface area contributed by atoms with Crippen LogP contribution in [0, 0.1) is 6.92 Å². The number of hydrogen-bond donors (Lipinski definition) is 2. The van der Waals surface area contributed by atoms with Gasteiger partial charge in [0.1, 0.15) is 12.4 Å². The zero-order valence-corrected chi connectivity index (χ0v) is 19.4. The van der Waals surface area contributed by atoms with Gasteiger partial charge in [0.25, 0.3) is 5.91 Å². The van der Waals surface area contributed by atoms with Crippen molar-refractivity contribution in [3.05, 3.63) is 89.2 Å². The van der Waals surface area contributed by atoms with Crippen molar-refractivity contribution in [2.75, 3.05) is 20.3 Å². The molecule has 9 heteroatoms. The van der Waals surface area contributed by atoms with E-state index in [-0.39, 0.29) is 24.0 Å².